The summed E-state index contributed by atoms with van der Waals surface area (Å²) < 4.78 is 5.26. The first-order valence-corrected chi connectivity index (χ1v) is 5.51. The van der Waals surface area contributed by atoms with Crippen molar-refractivity contribution < 1.29 is 14.3 Å². The van der Waals surface area contributed by atoms with Crippen molar-refractivity contribution in [2.75, 3.05) is 7.11 Å². The Morgan fingerprint density at radius 3 is 2.57 bits per heavy atom. The predicted octanol–water partition coefficient (Wildman–Crippen LogP) is 2.60. The number of ketones is 1. The van der Waals surface area contributed by atoms with Gasteiger partial charge >= 0.3 is 0 Å². The highest BCUT2D eigenvalue weighted by Gasteiger charge is 2.17. The summed E-state index contributed by atoms with van der Waals surface area (Å²) in [7, 11) is 1.45. The molecule has 0 N–H and O–H groups in total. The van der Waals surface area contributed by atoms with Gasteiger partial charge in [0.05, 0.1) is 12.7 Å². The highest BCUT2D eigenvalue weighted by Crippen LogP contribution is 2.24. The molecule has 0 amide bonds. The van der Waals surface area contributed by atoms with Crippen molar-refractivity contribution >= 4 is 48.1 Å². The first-order valence-electron chi connectivity index (χ1n) is 3.64. The second kappa shape index (κ2) is 4.88. The van der Waals surface area contributed by atoms with Crippen molar-refractivity contribution in [3.63, 3.8) is 0 Å². The lowest BCUT2D eigenvalue weighted by Crippen LogP contribution is -2.08. The third-order valence-electron chi connectivity index (χ3n) is 1.59. The van der Waals surface area contributed by atoms with Gasteiger partial charge in [-0.1, -0.05) is 15.9 Å². The molecule has 0 spiro atoms. The monoisotopic (exact) mass is 368 g/mol. The van der Waals surface area contributed by atoms with E-state index in [1.54, 1.807) is 18.2 Å². The molecule has 0 saturated carbocycles. The van der Waals surface area contributed by atoms with E-state index in [0.717, 1.165) is 4.47 Å². The molecule has 0 atom stereocenters. The fraction of sp³-hybridized carbons (Fsp3) is 0.111. The Morgan fingerprint density at radius 1 is 1.43 bits per heavy atom. The van der Waals surface area contributed by atoms with E-state index in [4.69, 9.17) is 4.74 Å². The van der Waals surface area contributed by atoms with Crippen molar-refractivity contribution in [3.05, 3.63) is 28.2 Å². The average molecular weight is 369 g/mol. The van der Waals surface area contributed by atoms with Gasteiger partial charge in [-0.25, -0.2) is 0 Å². The molecule has 0 fully saturated rings. The largest absolute Gasteiger partial charge is 0.496 e. The summed E-state index contributed by atoms with van der Waals surface area (Å²) in [5, 5.41) is 0. The molecule has 3 nitrogen and oxygen atoms in total. The van der Waals surface area contributed by atoms with E-state index in [2.05, 4.69) is 15.9 Å². The van der Waals surface area contributed by atoms with E-state index in [1.165, 1.54) is 29.7 Å². The normalized spacial score (nSPS) is 9.64. The van der Waals surface area contributed by atoms with Gasteiger partial charge in [-0.15, -0.1) is 0 Å². The minimum atomic E-state index is -0.546. The molecule has 1 aromatic rings. The Kier molecular flexibility index (Phi) is 4.06. The topological polar surface area (TPSA) is 43.4 Å². The van der Waals surface area contributed by atoms with Gasteiger partial charge in [0, 0.05) is 27.1 Å². The fourth-order valence-corrected chi connectivity index (χ4v) is 1.59. The maximum atomic E-state index is 11.4. The van der Waals surface area contributed by atoms with Crippen molar-refractivity contribution in [2.24, 2.45) is 0 Å². The molecule has 0 bridgehead atoms. The van der Waals surface area contributed by atoms with Gasteiger partial charge < -0.3 is 4.74 Å². The van der Waals surface area contributed by atoms with Crippen LogP contribution in [0.25, 0.3) is 0 Å². The molecule has 0 radical (unpaired) electrons. The fourth-order valence-electron chi connectivity index (χ4n) is 0.959. The summed E-state index contributed by atoms with van der Waals surface area (Å²) in [6.45, 7) is 0. The van der Waals surface area contributed by atoms with Crippen LogP contribution in [-0.4, -0.2) is 16.7 Å². The van der Waals surface area contributed by atoms with Crippen molar-refractivity contribution in [1.29, 1.82) is 0 Å². The Bertz CT molecular complexity index is 390. The Morgan fingerprint density at radius 2 is 2.07 bits per heavy atom. The lowest BCUT2D eigenvalue weighted by atomic mass is 10.1. The van der Waals surface area contributed by atoms with Crippen LogP contribution in [0.1, 0.15) is 10.4 Å². The van der Waals surface area contributed by atoms with E-state index < -0.39 is 9.57 Å². The Hall–Kier alpha value is -0.430. The Balaban J connectivity index is 3.20. The molecular formula is C9H6BrIO3. The molecule has 0 aliphatic carbocycles. The van der Waals surface area contributed by atoms with Gasteiger partial charge in [-0.2, -0.15) is 0 Å². The number of rotatable bonds is 3. The van der Waals surface area contributed by atoms with Gasteiger partial charge in [-0.3, -0.25) is 9.59 Å². The Labute approximate surface area is 103 Å². The van der Waals surface area contributed by atoms with E-state index in [0.29, 0.717) is 5.75 Å². The molecule has 1 rings (SSSR count). The summed E-state index contributed by atoms with van der Waals surface area (Å²) >= 11 is 4.70. The lowest BCUT2D eigenvalue weighted by molar-refractivity contribution is -0.106. The molecule has 0 aliphatic heterocycles. The minimum absolute atomic E-state index is 0.287. The first-order chi connectivity index (χ1) is 6.56. The van der Waals surface area contributed by atoms with E-state index in [1.807, 2.05) is 0 Å². The second-order valence-corrected chi connectivity index (χ2v) is 4.34. The number of benzene rings is 1. The molecule has 0 saturated heterocycles. The summed E-state index contributed by atoms with van der Waals surface area (Å²) in [4.78, 5) is 22.3. The summed E-state index contributed by atoms with van der Waals surface area (Å²) in [5.74, 6) is -0.149. The van der Waals surface area contributed by atoms with Crippen LogP contribution in [0.15, 0.2) is 22.7 Å². The zero-order valence-electron chi connectivity index (χ0n) is 7.21. The van der Waals surface area contributed by atoms with Gasteiger partial charge in [-0.05, 0) is 18.2 Å². The number of carbonyl (C=O) groups is 2. The molecule has 14 heavy (non-hydrogen) atoms. The molecule has 1 aromatic carbocycles. The standard InChI is InChI=1S/C9H6BrIO3/c1-14-7-4-5(10)2-3-6(7)8(12)9(11)13/h2-4H,1H3. The van der Waals surface area contributed by atoms with E-state index in [9.17, 15) is 9.59 Å². The number of ether oxygens (including phenoxy) is 1. The van der Waals surface area contributed by atoms with Crippen molar-refractivity contribution in [2.45, 2.75) is 0 Å². The number of methoxy groups -OCH3 is 1. The van der Waals surface area contributed by atoms with Crippen LogP contribution in [0.5, 0.6) is 5.75 Å². The number of Topliss-reactive ketones (excluding diaryl/α,β-unsaturated/α-hetero) is 1. The third-order valence-corrected chi connectivity index (χ3v) is 2.57. The second-order valence-electron chi connectivity index (χ2n) is 2.45. The third kappa shape index (κ3) is 2.54. The highest BCUT2D eigenvalue weighted by molar-refractivity contribution is 14.1. The number of hydrogen-bond donors (Lipinski definition) is 0. The maximum Gasteiger partial charge on any atom is 0.262 e. The molecular weight excluding hydrogens is 363 g/mol. The summed E-state index contributed by atoms with van der Waals surface area (Å²) in [5.41, 5.74) is 0.287. The van der Waals surface area contributed by atoms with Gasteiger partial charge in [0.2, 0.25) is 5.78 Å². The molecule has 0 heterocycles. The smallest absolute Gasteiger partial charge is 0.262 e. The zero-order valence-corrected chi connectivity index (χ0v) is 11.0. The quantitative estimate of drug-likeness (QED) is 0.356. The van der Waals surface area contributed by atoms with Gasteiger partial charge in [0.15, 0.2) is 0 Å². The van der Waals surface area contributed by atoms with E-state index in [-0.39, 0.29) is 5.56 Å². The molecule has 5 heteroatoms. The van der Waals surface area contributed by atoms with E-state index >= 15 is 0 Å². The minimum Gasteiger partial charge on any atom is -0.496 e. The summed E-state index contributed by atoms with van der Waals surface area (Å²) in [6.07, 6.45) is 0. The molecule has 74 valence electrons. The molecule has 0 unspecified atom stereocenters. The maximum absolute atomic E-state index is 11.4. The van der Waals surface area contributed by atoms with Crippen LogP contribution in [0.4, 0.5) is 0 Å². The van der Waals surface area contributed by atoms with Crippen LogP contribution >= 0.6 is 38.5 Å². The predicted molar refractivity (Wildman–Crippen MR) is 64.1 cm³/mol. The van der Waals surface area contributed by atoms with Crippen LogP contribution in [0.2, 0.25) is 0 Å². The summed E-state index contributed by atoms with van der Waals surface area (Å²) in [6, 6.07) is 4.89. The average Bonchev–Trinajstić information content (AvgIpc) is 2.16. The number of carbonyl (C=O) groups excluding carboxylic acids is 2. The van der Waals surface area contributed by atoms with Crippen LogP contribution in [0, 0.1) is 0 Å². The SMILES string of the molecule is COc1cc(Br)ccc1C(=O)C(=O)I. The lowest BCUT2D eigenvalue weighted by Gasteiger charge is -2.05. The van der Waals surface area contributed by atoms with Gasteiger partial charge in [0.1, 0.15) is 5.75 Å². The highest BCUT2D eigenvalue weighted by atomic mass is 127. The van der Waals surface area contributed by atoms with Crippen LogP contribution < -0.4 is 4.74 Å². The van der Waals surface area contributed by atoms with Gasteiger partial charge in [0.25, 0.3) is 3.79 Å². The molecule has 0 aromatic heterocycles. The van der Waals surface area contributed by atoms with Crippen LogP contribution in [0.3, 0.4) is 0 Å². The molecule has 0 aliphatic rings. The number of halogens is 2. The zero-order chi connectivity index (χ0) is 10.7. The first kappa shape index (κ1) is 11.6. The number of hydrogen-bond acceptors (Lipinski definition) is 3. The van der Waals surface area contributed by atoms with Crippen molar-refractivity contribution in [1.82, 2.24) is 0 Å². The van der Waals surface area contributed by atoms with Crippen molar-refractivity contribution in [3.8, 4) is 5.75 Å². The van der Waals surface area contributed by atoms with Crippen LogP contribution in [-0.2, 0) is 4.79 Å².